The topological polar surface area (TPSA) is 114 Å². The summed E-state index contributed by atoms with van der Waals surface area (Å²) in [5, 5.41) is 3.06. The van der Waals surface area contributed by atoms with Crippen LogP contribution in [0.3, 0.4) is 0 Å². The number of hydrogen-bond donors (Lipinski definition) is 1. The maximum Gasteiger partial charge on any atom is 0.306 e. The molecule has 0 radical (unpaired) electrons. The molecule has 3 atom stereocenters. The van der Waals surface area contributed by atoms with Crippen LogP contribution in [0.5, 0.6) is 0 Å². The molecule has 0 aliphatic carbocycles. The standard InChI is InChI=1S/C75H145N2O7P/c1-7-10-13-16-19-22-25-28-30-32-34-36-38-40-42-44-46-49-52-55-58-61-64-67-74(78)76-72(71-83-85(80,81)82-70-69-77(4,5)6)73(66-63-60-57-54-51-48-27-24-21-18-15-12-9-3)84-75(79)68-65-62-59-56-53-50-47-45-43-41-39-37-35-33-31-29-26-23-20-17-14-11-8-2/h28-31,63,66,72-73H,7-27,32-62,64-65,67-71H2,1-6H3,(H-,76,78,80,81)/b30-28+,31-29+,66-63+. The highest BCUT2D eigenvalue weighted by Gasteiger charge is 2.27. The van der Waals surface area contributed by atoms with Gasteiger partial charge in [-0.1, -0.05) is 321 Å². The Bertz CT molecular complexity index is 1550. The zero-order valence-electron chi connectivity index (χ0n) is 57.6. The molecule has 3 unspecified atom stereocenters. The number of phosphoric acid groups is 1. The molecule has 1 N–H and O–H groups in total. The summed E-state index contributed by atoms with van der Waals surface area (Å²) in [5.74, 6) is -0.520. The molecule has 0 aliphatic heterocycles. The van der Waals surface area contributed by atoms with Crippen LogP contribution >= 0.6 is 7.82 Å². The number of phosphoric ester groups is 1. The zero-order valence-corrected chi connectivity index (χ0v) is 58.5. The van der Waals surface area contributed by atoms with Gasteiger partial charge in [0.25, 0.3) is 7.82 Å². The lowest BCUT2D eigenvalue weighted by atomic mass is 10.0. The minimum absolute atomic E-state index is 0.0194. The number of hydrogen-bond acceptors (Lipinski definition) is 7. The van der Waals surface area contributed by atoms with Crippen LogP contribution in [0.15, 0.2) is 36.5 Å². The van der Waals surface area contributed by atoms with E-state index in [1.165, 1.54) is 289 Å². The van der Waals surface area contributed by atoms with Crippen molar-refractivity contribution in [2.75, 3.05) is 40.9 Å². The Labute approximate surface area is 529 Å². The van der Waals surface area contributed by atoms with Crippen LogP contribution in [0.2, 0.25) is 0 Å². The van der Waals surface area contributed by atoms with Crippen LogP contribution in [-0.4, -0.2) is 69.4 Å². The Morgan fingerprint density at radius 1 is 0.400 bits per heavy atom. The summed E-state index contributed by atoms with van der Waals surface area (Å²) >= 11 is 0. The molecule has 9 nitrogen and oxygen atoms in total. The molecule has 0 aromatic heterocycles. The normalized spacial score (nSPS) is 13.6. The maximum atomic E-state index is 13.6. The predicted molar refractivity (Wildman–Crippen MR) is 367 cm³/mol. The maximum absolute atomic E-state index is 13.6. The first-order valence-electron chi connectivity index (χ1n) is 37.3. The SMILES string of the molecule is CCCCCCCC/C=C/CCCCCCCCCCCCCCCC(=O)NC(COP(=O)([O-])OCC[N+](C)(C)C)C(/C=C/CCCCCCCCCCCCC)OC(=O)CCCCCCCCCCCCCCC/C=C/CCCCCCCC. The van der Waals surface area contributed by atoms with E-state index < -0.39 is 20.0 Å². The van der Waals surface area contributed by atoms with E-state index in [2.05, 4.69) is 50.4 Å². The first kappa shape index (κ1) is 83.2. The second-order valence-corrected chi connectivity index (χ2v) is 28.2. The quantitative estimate of drug-likeness (QED) is 0.0212. The van der Waals surface area contributed by atoms with E-state index in [0.29, 0.717) is 17.4 Å². The Morgan fingerprint density at radius 2 is 0.682 bits per heavy atom. The lowest BCUT2D eigenvalue weighted by Crippen LogP contribution is -2.47. The molecule has 0 aromatic carbocycles. The van der Waals surface area contributed by atoms with E-state index in [9.17, 15) is 19.0 Å². The molecule has 0 saturated heterocycles. The van der Waals surface area contributed by atoms with Crippen LogP contribution in [-0.2, 0) is 27.9 Å². The lowest BCUT2D eigenvalue weighted by molar-refractivity contribution is -0.870. The van der Waals surface area contributed by atoms with E-state index in [4.69, 9.17) is 13.8 Å². The number of rotatable bonds is 69. The molecule has 1 amide bonds. The van der Waals surface area contributed by atoms with Crippen LogP contribution in [0, 0.1) is 0 Å². The molecule has 0 bridgehead atoms. The molecule has 85 heavy (non-hydrogen) atoms. The van der Waals surface area contributed by atoms with Gasteiger partial charge in [0, 0.05) is 12.8 Å². The largest absolute Gasteiger partial charge is 0.756 e. The molecule has 0 fully saturated rings. The number of quaternary nitrogens is 1. The number of carbonyl (C=O) groups excluding carboxylic acids is 2. The fraction of sp³-hybridized carbons (Fsp3) is 0.893. The molecule has 0 saturated carbocycles. The minimum atomic E-state index is -4.70. The van der Waals surface area contributed by atoms with E-state index in [1.54, 1.807) is 0 Å². The summed E-state index contributed by atoms with van der Waals surface area (Å²) in [6, 6.07) is -0.886. The van der Waals surface area contributed by atoms with Gasteiger partial charge in [0.2, 0.25) is 5.91 Å². The number of allylic oxidation sites excluding steroid dienone is 5. The monoisotopic (exact) mass is 1220 g/mol. The van der Waals surface area contributed by atoms with Crippen LogP contribution in [0.1, 0.15) is 380 Å². The van der Waals surface area contributed by atoms with E-state index in [1.807, 2.05) is 33.3 Å². The van der Waals surface area contributed by atoms with Crippen molar-refractivity contribution >= 4 is 19.7 Å². The van der Waals surface area contributed by atoms with Crippen molar-refractivity contribution in [1.82, 2.24) is 5.32 Å². The molecule has 0 rings (SSSR count). The molecular formula is C75H145N2O7P. The van der Waals surface area contributed by atoms with Gasteiger partial charge in [0.1, 0.15) is 19.3 Å². The molecule has 0 spiro atoms. The Kier molecular flexibility index (Phi) is 63.8. The number of carbonyl (C=O) groups is 2. The van der Waals surface area contributed by atoms with Crippen molar-refractivity contribution in [2.24, 2.45) is 0 Å². The van der Waals surface area contributed by atoms with Crippen molar-refractivity contribution in [3.05, 3.63) is 36.5 Å². The fourth-order valence-electron chi connectivity index (χ4n) is 11.3. The first-order valence-corrected chi connectivity index (χ1v) is 38.8. The van der Waals surface area contributed by atoms with Gasteiger partial charge in [-0.05, 0) is 83.1 Å². The third-order valence-electron chi connectivity index (χ3n) is 17.0. The molecule has 10 heteroatoms. The van der Waals surface area contributed by atoms with Crippen LogP contribution < -0.4 is 10.2 Å². The number of ether oxygens (including phenoxy) is 1. The van der Waals surface area contributed by atoms with Crippen molar-refractivity contribution in [2.45, 2.75) is 392 Å². The molecule has 502 valence electrons. The van der Waals surface area contributed by atoms with Gasteiger partial charge in [-0.2, -0.15) is 0 Å². The molecule has 0 heterocycles. The molecule has 0 aromatic rings. The molecular weight excluding hydrogens is 1070 g/mol. The number of nitrogens with zero attached hydrogens (tertiary/aromatic N) is 1. The fourth-order valence-corrected chi connectivity index (χ4v) is 12.0. The third kappa shape index (κ3) is 66.5. The summed E-state index contributed by atoms with van der Waals surface area (Å²) in [6.45, 7) is 6.90. The Hall–Kier alpha value is -1.77. The summed E-state index contributed by atoms with van der Waals surface area (Å²) < 4.78 is 30.5. The zero-order chi connectivity index (χ0) is 62.1. The van der Waals surface area contributed by atoms with Gasteiger partial charge in [-0.3, -0.25) is 14.2 Å². The predicted octanol–water partition coefficient (Wildman–Crippen LogP) is 23.2. The van der Waals surface area contributed by atoms with E-state index in [0.717, 1.165) is 57.8 Å². The van der Waals surface area contributed by atoms with Gasteiger partial charge >= 0.3 is 5.97 Å². The number of esters is 1. The highest BCUT2D eigenvalue weighted by Crippen LogP contribution is 2.38. The van der Waals surface area contributed by atoms with Crippen molar-refractivity contribution in [1.29, 1.82) is 0 Å². The smallest absolute Gasteiger partial charge is 0.306 e. The number of unbranched alkanes of at least 4 members (excludes halogenated alkanes) is 49. The van der Waals surface area contributed by atoms with E-state index >= 15 is 0 Å². The minimum Gasteiger partial charge on any atom is -0.756 e. The van der Waals surface area contributed by atoms with Crippen molar-refractivity contribution in [3.8, 4) is 0 Å². The highest BCUT2D eigenvalue weighted by atomic mass is 31.2. The van der Waals surface area contributed by atoms with Gasteiger partial charge in [0.05, 0.1) is 33.8 Å². The van der Waals surface area contributed by atoms with Gasteiger partial charge < -0.3 is 28.5 Å². The second kappa shape index (κ2) is 65.2. The number of nitrogens with one attached hydrogen (secondary N) is 1. The van der Waals surface area contributed by atoms with Gasteiger partial charge in [-0.25, -0.2) is 0 Å². The first-order chi connectivity index (χ1) is 41.4. The number of amides is 1. The van der Waals surface area contributed by atoms with Crippen molar-refractivity contribution in [3.63, 3.8) is 0 Å². The lowest BCUT2D eigenvalue weighted by Gasteiger charge is -2.30. The average molecular weight is 1220 g/mol. The van der Waals surface area contributed by atoms with Crippen molar-refractivity contribution < 1.29 is 37.3 Å². The van der Waals surface area contributed by atoms with E-state index in [-0.39, 0.29) is 31.5 Å². The Morgan fingerprint density at radius 3 is 1.00 bits per heavy atom. The summed E-state index contributed by atoms with van der Waals surface area (Å²) in [5.41, 5.74) is 0. The third-order valence-corrected chi connectivity index (χ3v) is 18.0. The molecule has 0 aliphatic rings. The summed E-state index contributed by atoms with van der Waals surface area (Å²) in [6.07, 6.45) is 81.3. The van der Waals surface area contributed by atoms with Crippen LogP contribution in [0.4, 0.5) is 0 Å². The number of likely N-dealkylation sites (N-methyl/N-ethyl adjacent to an activating group) is 1. The summed E-state index contributed by atoms with van der Waals surface area (Å²) in [7, 11) is 1.20. The van der Waals surface area contributed by atoms with Gasteiger partial charge in [0.15, 0.2) is 0 Å². The van der Waals surface area contributed by atoms with Gasteiger partial charge in [-0.15, -0.1) is 0 Å². The van der Waals surface area contributed by atoms with Crippen LogP contribution in [0.25, 0.3) is 0 Å². The average Bonchev–Trinajstić information content (AvgIpc) is 3.52. The second-order valence-electron chi connectivity index (χ2n) is 26.8. The summed E-state index contributed by atoms with van der Waals surface area (Å²) in [4.78, 5) is 40.3. The Balaban J connectivity index is 5.03. The highest BCUT2D eigenvalue weighted by molar-refractivity contribution is 7.45.